The second kappa shape index (κ2) is 6.02. The van der Waals surface area contributed by atoms with Crippen LogP contribution >= 0.6 is 0 Å². The number of likely N-dealkylation sites (tertiary alicyclic amines) is 1. The lowest BCUT2D eigenvalue weighted by Crippen LogP contribution is -2.44. The largest absolute Gasteiger partial charge is 0.381 e. The van der Waals surface area contributed by atoms with Gasteiger partial charge in [0.15, 0.2) is 0 Å². The molecule has 0 N–H and O–H groups in total. The van der Waals surface area contributed by atoms with Gasteiger partial charge in [-0.05, 0) is 46.1 Å². The van der Waals surface area contributed by atoms with E-state index in [0.29, 0.717) is 17.9 Å². The lowest BCUT2D eigenvalue weighted by atomic mass is 10.0. The maximum Gasteiger partial charge on any atom is 0.240 e. The van der Waals surface area contributed by atoms with Crippen LogP contribution in [0.4, 0.5) is 0 Å². The van der Waals surface area contributed by atoms with E-state index in [9.17, 15) is 4.79 Å². The summed E-state index contributed by atoms with van der Waals surface area (Å²) >= 11 is 0. The van der Waals surface area contributed by atoms with Crippen molar-refractivity contribution < 1.29 is 9.53 Å². The first-order chi connectivity index (χ1) is 8.59. The van der Waals surface area contributed by atoms with Crippen LogP contribution in [0.25, 0.3) is 0 Å². The minimum atomic E-state index is 0.0920. The predicted molar refractivity (Wildman–Crippen MR) is 71.4 cm³/mol. The Morgan fingerprint density at radius 3 is 2.78 bits per heavy atom. The summed E-state index contributed by atoms with van der Waals surface area (Å²) in [6.45, 7) is 7.85. The average molecular weight is 254 g/mol. The fourth-order valence-corrected chi connectivity index (χ4v) is 3.09. The van der Waals surface area contributed by atoms with Gasteiger partial charge in [-0.1, -0.05) is 0 Å². The van der Waals surface area contributed by atoms with Gasteiger partial charge in [-0.15, -0.1) is 0 Å². The average Bonchev–Trinajstić information content (AvgIpc) is 2.72. The van der Waals surface area contributed by atoms with Gasteiger partial charge in [-0.25, -0.2) is 0 Å². The number of carbonyl (C=O) groups is 1. The molecule has 0 unspecified atom stereocenters. The van der Waals surface area contributed by atoms with Crippen molar-refractivity contribution in [2.24, 2.45) is 5.92 Å². The minimum absolute atomic E-state index is 0.0920. The summed E-state index contributed by atoms with van der Waals surface area (Å²) < 4.78 is 5.51. The van der Waals surface area contributed by atoms with Crippen molar-refractivity contribution in [1.82, 2.24) is 9.80 Å². The van der Waals surface area contributed by atoms with E-state index in [2.05, 4.69) is 25.8 Å². The van der Waals surface area contributed by atoms with Gasteiger partial charge in [0.2, 0.25) is 5.91 Å². The van der Waals surface area contributed by atoms with E-state index in [1.807, 2.05) is 4.90 Å². The van der Waals surface area contributed by atoms with Crippen LogP contribution in [0.1, 0.15) is 33.1 Å². The summed E-state index contributed by atoms with van der Waals surface area (Å²) in [7, 11) is 2.08. The number of amides is 1. The highest BCUT2D eigenvalue weighted by Gasteiger charge is 2.36. The number of hydrogen-bond donors (Lipinski definition) is 0. The quantitative estimate of drug-likeness (QED) is 0.759. The van der Waals surface area contributed by atoms with Crippen LogP contribution in [0.15, 0.2) is 0 Å². The first-order valence-corrected chi connectivity index (χ1v) is 7.18. The van der Waals surface area contributed by atoms with Gasteiger partial charge in [0.05, 0.1) is 12.6 Å². The first-order valence-electron chi connectivity index (χ1n) is 7.18. The molecule has 18 heavy (non-hydrogen) atoms. The molecule has 0 aromatic rings. The van der Waals surface area contributed by atoms with Crippen molar-refractivity contribution >= 4 is 5.91 Å². The fourth-order valence-electron chi connectivity index (χ4n) is 3.09. The zero-order chi connectivity index (χ0) is 13.1. The molecule has 2 saturated heterocycles. The molecule has 0 aromatic heterocycles. The molecule has 0 aliphatic carbocycles. The third kappa shape index (κ3) is 3.04. The number of hydrogen-bond acceptors (Lipinski definition) is 3. The lowest BCUT2D eigenvalue weighted by Gasteiger charge is -2.30. The normalized spacial score (nSPS) is 29.6. The third-order valence-electron chi connectivity index (χ3n) is 4.17. The molecular formula is C14H26N2O2. The summed E-state index contributed by atoms with van der Waals surface area (Å²) in [6.07, 6.45) is 3.37. The van der Waals surface area contributed by atoms with Gasteiger partial charge in [-0.2, -0.15) is 0 Å². The Bertz CT molecular complexity index is 288. The summed E-state index contributed by atoms with van der Waals surface area (Å²) in [6, 6.07) is 0.420. The molecule has 0 saturated carbocycles. The van der Waals surface area contributed by atoms with Crippen molar-refractivity contribution in [2.45, 2.75) is 45.2 Å². The van der Waals surface area contributed by atoms with E-state index < -0.39 is 0 Å². The van der Waals surface area contributed by atoms with Crippen molar-refractivity contribution in [3.05, 3.63) is 0 Å². The van der Waals surface area contributed by atoms with E-state index in [-0.39, 0.29) is 6.04 Å². The van der Waals surface area contributed by atoms with Gasteiger partial charge in [0.25, 0.3) is 0 Å². The Balaban J connectivity index is 1.85. The number of nitrogens with zero attached hydrogens (tertiary/aromatic N) is 2. The highest BCUT2D eigenvalue weighted by molar-refractivity contribution is 5.84. The Labute approximate surface area is 110 Å². The van der Waals surface area contributed by atoms with E-state index in [0.717, 1.165) is 39.1 Å². The van der Waals surface area contributed by atoms with E-state index in [4.69, 9.17) is 4.74 Å². The maximum absolute atomic E-state index is 12.3. The highest BCUT2D eigenvalue weighted by atomic mass is 16.5. The van der Waals surface area contributed by atoms with Crippen molar-refractivity contribution in [3.8, 4) is 0 Å². The van der Waals surface area contributed by atoms with Gasteiger partial charge in [0.1, 0.15) is 0 Å². The summed E-state index contributed by atoms with van der Waals surface area (Å²) in [5.41, 5.74) is 0. The Morgan fingerprint density at radius 2 is 2.22 bits per heavy atom. The van der Waals surface area contributed by atoms with Gasteiger partial charge in [-0.3, -0.25) is 9.69 Å². The Hall–Kier alpha value is -0.610. The van der Waals surface area contributed by atoms with Crippen molar-refractivity contribution in [3.63, 3.8) is 0 Å². The molecule has 0 spiro atoms. The molecule has 0 bridgehead atoms. The van der Waals surface area contributed by atoms with Crippen LogP contribution in [0.3, 0.4) is 0 Å². The molecule has 2 heterocycles. The molecule has 2 atom stereocenters. The number of ether oxygens (including phenoxy) is 1. The first kappa shape index (κ1) is 13.8. The second-order valence-electron chi connectivity index (χ2n) is 5.95. The Kier molecular flexibility index (Phi) is 4.62. The molecule has 4 heteroatoms. The van der Waals surface area contributed by atoms with Gasteiger partial charge >= 0.3 is 0 Å². The fraction of sp³-hybridized carbons (Fsp3) is 0.929. The summed E-state index contributed by atoms with van der Waals surface area (Å²) in [4.78, 5) is 16.5. The number of rotatable bonds is 4. The molecule has 2 aliphatic rings. The van der Waals surface area contributed by atoms with Gasteiger partial charge < -0.3 is 9.64 Å². The molecule has 0 radical (unpaired) electrons. The van der Waals surface area contributed by atoms with Crippen LogP contribution in [-0.2, 0) is 9.53 Å². The predicted octanol–water partition coefficient (Wildman–Crippen LogP) is 1.35. The second-order valence-corrected chi connectivity index (χ2v) is 5.95. The zero-order valence-corrected chi connectivity index (χ0v) is 11.9. The van der Waals surface area contributed by atoms with Gasteiger partial charge in [0, 0.05) is 25.7 Å². The van der Waals surface area contributed by atoms with Crippen molar-refractivity contribution in [1.29, 1.82) is 0 Å². The summed E-state index contributed by atoms with van der Waals surface area (Å²) in [5.74, 6) is 0.911. The molecule has 2 aliphatic heterocycles. The van der Waals surface area contributed by atoms with E-state index in [1.165, 1.54) is 6.42 Å². The van der Waals surface area contributed by atoms with Crippen LogP contribution in [0.2, 0.25) is 0 Å². The highest BCUT2D eigenvalue weighted by Crippen LogP contribution is 2.21. The maximum atomic E-state index is 12.3. The lowest BCUT2D eigenvalue weighted by molar-refractivity contribution is -0.133. The molecule has 4 nitrogen and oxygen atoms in total. The summed E-state index contributed by atoms with van der Waals surface area (Å²) in [5, 5.41) is 0. The van der Waals surface area contributed by atoms with Crippen LogP contribution in [-0.4, -0.2) is 61.1 Å². The van der Waals surface area contributed by atoms with E-state index in [1.54, 1.807) is 0 Å². The van der Waals surface area contributed by atoms with Crippen LogP contribution in [0, 0.1) is 5.92 Å². The minimum Gasteiger partial charge on any atom is -0.381 e. The SMILES string of the molecule is CC(C)N1CC[C@@H](N(C)C[C@@H]2CCCOC2)C1=O. The molecule has 104 valence electrons. The monoisotopic (exact) mass is 254 g/mol. The number of likely N-dealkylation sites (N-methyl/N-ethyl adjacent to an activating group) is 1. The molecule has 2 fully saturated rings. The zero-order valence-electron chi connectivity index (χ0n) is 11.9. The topological polar surface area (TPSA) is 32.8 Å². The van der Waals surface area contributed by atoms with Crippen LogP contribution < -0.4 is 0 Å². The molecular weight excluding hydrogens is 228 g/mol. The standard InChI is InChI=1S/C14H26N2O2/c1-11(2)16-7-6-13(14(16)17)15(3)9-12-5-4-8-18-10-12/h11-13H,4-10H2,1-3H3/t12-,13+/m0/s1. The smallest absolute Gasteiger partial charge is 0.240 e. The molecule has 2 rings (SSSR count). The van der Waals surface area contributed by atoms with Crippen LogP contribution in [0.5, 0.6) is 0 Å². The van der Waals surface area contributed by atoms with E-state index >= 15 is 0 Å². The number of carbonyl (C=O) groups excluding carboxylic acids is 1. The third-order valence-corrected chi connectivity index (χ3v) is 4.17. The molecule has 0 aromatic carbocycles. The Morgan fingerprint density at radius 1 is 1.44 bits per heavy atom. The van der Waals surface area contributed by atoms with Crippen molar-refractivity contribution in [2.75, 3.05) is 33.4 Å². The molecule has 1 amide bonds.